The predicted octanol–water partition coefficient (Wildman–Crippen LogP) is 2.24. The van der Waals surface area contributed by atoms with Gasteiger partial charge in [-0.05, 0) is 38.1 Å². The summed E-state index contributed by atoms with van der Waals surface area (Å²) in [5.41, 5.74) is 1.23. The Hall–Kier alpha value is -1.26. The number of benzene rings is 1. The molecule has 1 aliphatic heterocycles. The number of likely N-dealkylation sites (N-methyl/N-ethyl adjacent to an activating group) is 1. The molecule has 1 atom stereocenters. The summed E-state index contributed by atoms with van der Waals surface area (Å²) in [5, 5.41) is 3.46. The number of hydrogen-bond acceptors (Lipinski definition) is 4. The predicted molar refractivity (Wildman–Crippen MR) is 76.7 cm³/mol. The van der Waals surface area contributed by atoms with Crippen molar-refractivity contribution in [2.75, 3.05) is 26.9 Å². The van der Waals surface area contributed by atoms with Crippen LogP contribution in [0.5, 0.6) is 11.5 Å². The van der Waals surface area contributed by atoms with Crippen molar-refractivity contribution >= 4 is 0 Å². The molecule has 1 N–H and O–H groups in total. The molecule has 4 nitrogen and oxygen atoms in total. The van der Waals surface area contributed by atoms with Gasteiger partial charge in [0, 0.05) is 25.7 Å². The molecule has 0 aromatic heterocycles. The van der Waals surface area contributed by atoms with Gasteiger partial charge >= 0.3 is 0 Å². The van der Waals surface area contributed by atoms with E-state index in [-0.39, 0.29) is 0 Å². The van der Waals surface area contributed by atoms with Gasteiger partial charge in [-0.3, -0.25) is 0 Å². The molecule has 4 heteroatoms. The van der Waals surface area contributed by atoms with E-state index in [2.05, 4.69) is 37.2 Å². The lowest BCUT2D eigenvalue weighted by Gasteiger charge is -2.23. The molecule has 0 fully saturated rings. The summed E-state index contributed by atoms with van der Waals surface area (Å²) in [6, 6.07) is 6.75. The topological polar surface area (TPSA) is 33.7 Å². The van der Waals surface area contributed by atoms with Crippen molar-refractivity contribution in [2.45, 2.75) is 32.9 Å². The lowest BCUT2D eigenvalue weighted by Crippen LogP contribution is -2.34. The summed E-state index contributed by atoms with van der Waals surface area (Å²) in [7, 11) is 2.18. The van der Waals surface area contributed by atoms with Crippen LogP contribution in [0.4, 0.5) is 0 Å². The van der Waals surface area contributed by atoms with Crippen molar-refractivity contribution in [3.8, 4) is 11.5 Å². The minimum atomic E-state index is 0.339. The third kappa shape index (κ3) is 3.85. The maximum absolute atomic E-state index is 5.37. The van der Waals surface area contributed by atoms with Crippen LogP contribution in [0, 0.1) is 0 Å². The Balaban J connectivity index is 1.71. The van der Waals surface area contributed by atoms with E-state index in [0.29, 0.717) is 12.8 Å². The molecule has 0 spiro atoms. The second kappa shape index (κ2) is 6.78. The number of rotatable bonds is 7. The second-order valence-electron chi connectivity index (χ2n) is 5.10. The normalized spacial score (nSPS) is 14.9. The molecular weight excluding hydrogens is 240 g/mol. The summed E-state index contributed by atoms with van der Waals surface area (Å²) in [6.45, 7) is 7.75. The summed E-state index contributed by atoms with van der Waals surface area (Å²) in [6.07, 6.45) is 1.19. The molecule has 1 aliphatic rings. The molecule has 19 heavy (non-hydrogen) atoms. The van der Waals surface area contributed by atoms with E-state index in [9.17, 15) is 0 Å². The summed E-state index contributed by atoms with van der Waals surface area (Å²) in [4.78, 5) is 2.38. The third-order valence-electron chi connectivity index (χ3n) is 3.75. The van der Waals surface area contributed by atoms with Gasteiger partial charge in [0.15, 0.2) is 11.5 Å². The maximum atomic E-state index is 5.37. The summed E-state index contributed by atoms with van der Waals surface area (Å²) < 4.78 is 10.7. The van der Waals surface area contributed by atoms with Crippen molar-refractivity contribution in [1.82, 2.24) is 10.2 Å². The van der Waals surface area contributed by atoms with Crippen molar-refractivity contribution in [2.24, 2.45) is 0 Å². The van der Waals surface area contributed by atoms with Crippen LogP contribution in [0.1, 0.15) is 25.8 Å². The second-order valence-corrected chi connectivity index (χ2v) is 5.10. The zero-order valence-electron chi connectivity index (χ0n) is 12.1. The average molecular weight is 264 g/mol. The third-order valence-corrected chi connectivity index (χ3v) is 3.75. The molecule has 0 amide bonds. The van der Waals surface area contributed by atoms with Crippen molar-refractivity contribution < 1.29 is 9.47 Å². The molecule has 0 radical (unpaired) electrons. The number of hydrogen-bond donors (Lipinski definition) is 1. The van der Waals surface area contributed by atoms with Crippen LogP contribution in [0.2, 0.25) is 0 Å². The van der Waals surface area contributed by atoms with Crippen molar-refractivity contribution in [3.05, 3.63) is 23.8 Å². The zero-order valence-corrected chi connectivity index (χ0v) is 12.1. The molecule has 1 aromatic carbocycles. The van der Waals surface area contributed by atoms with Gasteiger partial charge in [0.25, 0.3) is 0 Å². The lowest BCUT2D eigenvalue weighted by molar-refractivity contribution is 0.174. The smallest absolute Gasteiger partial charge is 0.231 e. The van der Waals surface area contributed by atoms with E-state index in [1.165, 1.54) is 12.0 Å². The quantitative estimate of drug-likeness (QED) is 0.766. The number of fused-ring (bicyclic) bond motifs is 1. The Labute approximate surface area is 115 Å². The van der Waals surface area contributed by atoms with Crippen LogP contribution < -0.4 is 14.8 Å². The first-order valence-electron chi connectivity index (χ1n) is 7.00. The fourth-order valence-corrected chi connectivity index (χ4v) is 2.07. The highest BCUT2D eigenvalue weighted by Gasteiger charge is 2.12. The molecule has 106 valence electrons. The van der Waals surface area contributed by atoms with Crippen LogP contribution in [-0.2, 0) is 6.54 Å². The zero-order chi connectivity index (χ0) is 13.7. The standard InChI is InChI=1S/C15H24N2O2/c1-4-12(2)17(3)8-7-16-10-13-5-6-14-15(9-13)19-11-18-14/h5-6,9,12,16H,4,7-8,10-11H2,1-3H3. The number of nitrogens with zero attached hydrogens (tertiary/aromatic N) is 1. The van der Waals surface area contributed by atoms with Crippen LogP contribution in [0.3, 0.4) is 0 Å². The highest BCUT2D eigenvalue weighted by Crippen LogP contribution is 2.32. The van der Waals surface area contributed by atoms with Crippen LogP contribution in [0.15, 0.2) is 18.2 Å². The minimum absolute atomic E-state index is 0.339. The fourth-order valence-electron chi connectivity index (χ4n) is 2.07. The Bertz CT molecular complexity index is 409. The van der Waals surface area contributed by atoms with E-state index < -0.39 is 0 Å². The lowest BCUT2D eigenvalue weighted by atomic mass is 10.2. The van der Waals surface area contributed by atoms with Gasteiger partial charge in [0.2, 0.25) is 6.79 Å². The molecule has 0 bridgehead atoms. The molecule has 0 aliphatic carbocycles. The van der Waals surface area contributed by atoms with Gasteiger partial charge in [-0.15, -0.1) is 0 Å². The first-order chi connectivity index (χ1) is 9.20. The molecule has 1 heterocycles. The Kier molecular flexibility index (Phi) is 5.05. The number of nitrogens with one attached hydrogen (secondary N) is 1. The van der Waals surface area contributed by atoms with E-state index >= 15 is 0 Å². The summed E-state index contributed by atoms with van der Waals surface area (Å²) in [5.74, 6) is 1.70. The van der Waals surface area contributed by atoms with E-state index in [1.807, 2.05) is 12.1 Å². The monoisotopic (exact) mass is 264 g/mol. The van der Waals surface area contributed by atoms with Gasteiger partial charge in [-0.25, -0.2) is 0 Å². The van der Waals surface area contributed by atoms with Crippen molar-refractivity contribution in [3.63, 3.8) is 0 Å². The maximum Gasteiger partial charge on any atom is 0.231 e. The first kappa shape index (κ1) is 14.2. The SMILES string of the molecule is CCC(C)N(C)CCNCc1ccc2c(c1)OCO2. The Morgan fingerprint density at radius 3 is 2.89 bits per heavy atom. The fraction of sp³-hybridized carbons (Fsp3) is 0.600. The van der Waals surface area contributed by atoms with E-state index in [0.717, 1.165) is 31.1 Å². The highest BCUT2D eigenvalue weighted by molar-refractivity contribution is 5.44. The van der Waals surface area contributed by atoms with Gasteiger partial charge in [0.1, 0.15) is 0 Å². The van der Waals surface area contributed by atoms with Crippen molar-refractivity contribution in [1.29, 1.82) is 0 Å². The molecule has 1 aromatic rings. The highest BCUT2D eigenvalue weighted by atomic mass is 16.7. The molecular formula is C15H24N2O2. The molecule has 2 rings (SSSR count). The first-order valence-corrected chi connectivity index (χ1v) is 7.00. The number of ether oxygens (including phenoxy) is 2. The molecule has 0 saturated carbocycles. The van der Waals surface area contributed by atoms with Crippen LogP contribution in [-0.4, -0.2) is 37.9 Å². The Morgan fingerprint density at radius 2 is 2.11 bits per heavy atom. The van der Waals surface area contributed by atoms with Gasteiger partial charge in [-0.2, -0.15) is 0 Å². The van der Waals surface area contributed by atoms with Crippen LogP contribution in [0.25, 0.3) is 0 Å². The Morgan fingerprint density at radius 1 is 1.32 bits per heavy atom. The van der Waals surface area contributed by atoms with Gasteiger partial charge < -0.3 is 19.7 Å². The van der Waals surface area contributed by atoms with Crippen LogP contribution >= 0.6 is 0 Å². The molecule has 0 saturated heterocycles. The van der Waals surface area contributed by atoms with E-state index in [4.69, 9.17) is 9.47 Å². The minimum Gasteiger partial charge on any atom is -0.454 e. The van der Waals surface area contributed by atoms with Gasteiger partial charge in [0.05, 0.1) is 0 Å². The van der Waals surface area contributed by atoms with Gasteiger partial charge in [-0.1, -0.05) is 13.0 Å². The van der Waals surface area contributed by atoms with E-state index in [1.54, 1.807) is 0 Å². The average Bonchev–Trinajstić information content (AvgIpc) is 2.89. The molecule has 1 unspecified atom stereocenters. The largest absolute Gasteiger partial charge is 0.454 e. The summed E-state index contributed by atoms with van der Waals surface area (Å²) >= 11 is 0.